The van der Waals surface area contributed by atoms with Crippen LogP contribution in [0.25, 0.3) is 0 Å². The first-order chi connectivity index (χ1) is 10.2. The summed E-state index contributed by atoms with van der Waals surface area (Å²) in [4.78, 5) is 40.7. The zero-order chi connectivity index (χ0) is 14.6. The van der Waals surface area contributed by atoms with Crippen molar-refractivity contribution in [1.29, 1.82) is 0 Å². The number of hydrogen-bond donors (Lipinski definition) is 1. The Bertz CT molecular complexity index is 640. The molecule has 2 bridgehead atoms. The van der Waals surface area contributed by atoms with Gasteiger partial charge in [-0.25, -0.2) is 0 Å². The number of allylic oxidation sites excluding steroid dienone is 2. The van der Waals surface area contributed by atoms with Gasteiger partial charge in [0.1, 0.15) is 0 Å². The largest absolute Gasteiger partial charge is 0.272 e. The molecule has 0 unspecified atom stereocenters. The van der Waals surface area contributed by atoms with E-state index >= 15 is 0 Å². The Labute approximate surface area is 120 Å². The zero-order valence-electron chi connectivity index (χ0n) is 11.1. The number of rotatable bonds is 2. The van der Waals surface area contributed by atoms with Crippen LogP contribution < -0.4 is 5.43 Å². The third-order valence-corrected chi connectivity index (χ3v) is 4.63. The van der Waals surface area contributed by atoms with Crippen LogP contribution in [0.5, 0.6) is 0 Å². The summed E-state index contributed by atoms with van der Waals surface area (Å²) in [7, 11) is 0. The second-order valence-corrected chi connectivity index (χ2v) is 5.69. The maximum absolute atomic E-state index is 12.4. The summed E-state index contributed by atoms with van der Waals surface area (Å²) in [6.45, 7) is 0. The molecule has 0 spiro atoms. The van der Waals surface area contributed by atoms with Crippen LogP contribution in [0, 0.1) is 23.7 Å². The highest BCUT2D eigenvalue weighted by Gasteiger charge is 2.59. The van der Waals surface area contributed by atoms with Gasteiger partial charge in [0, 0.05) is 18.0 Å². The van der Waals surface area contributed by atoms with Crippen molar-refractivity contribution in [2.24, 2.45) is 23.7 Å². The standard InChI is InChI=1S/C15H13N3O3/c19-13(8-3-5-16-6-4-8)17-18-14(20)11-9-1-2-10(7-9)12(11)15(18)21/h1-6,9-12H,7H2,(H,17,19)/t9-,10+,11-,12-/m0/s1. The summed E-state index contributed by atoms with van der Waals surface area (Å²) >= 11 is 0. The number of pyridine rings is 1. The van der Waals surface area contributed by atoms with E-state index in [1.54, 1.807) is 0 Å². The minimum absolute atomic E-state index is 0.138. The predicted molar refractivity (Wildman–Crippen MR) is 71.3 cm³/mol. The van der Waals surface area contributed by atoms with Crippen LogP contribution in [-0.2, 0) is 9.59 Å². The highest BCUT2D eigenvalue weighted by atomic mass is 16.2. The molecule has 2 aliphatic carbocycles. The topological polar surface area (TPSA) is 79.4 Å². The average Bonchev–Trinajstić information content (AvgIpc) is 3.18. The number of amides is 3. The molecule has 3 amide bonds. The van der Waals surface area contributed by atoms with E-state index in [1.165, 1.54) is 24.5 Å². The lowest BCUT2D eigenvalue weighted by molar-refractivity contribution is -0.143. The van der Waals surface area contributed by atoms with Gasteiger partial charge in [0.25, 0.3) is 17.7 Å². The third-order valence-electron chi connectivity index (χ3n) is 4.63. The van der Waals surface area contributed by atoms with Crippen molar-refractivity contribution in [2.45, 2.75) is 6.42 Å². The molecule has 1 saturated heterocycles. The molecule has 2 heterocycles. The van der Waals surface area contributed by atoms with Gasteiger partial charge in [-0.3, -0.25) is 24.8 Å². The molecule has 6 heteroatoms. The Morgan fingerprint density at radius 1 is 1.10 bits per heavy atom. The first-order valence-electron chi connectivity index (χ1n) is 6.94. The Morgan fingerprint density at radius 2 is 1.67 bits per heavy atom. The summed E-state index contributed by atoms with van der Waals surface area (Å²) in [6, 6.07) is 3.07. The second-order valence-electron chi connectivity index (χ2n) is 5.69. The zero-order valence-corrected chi connectivity index (χ0v) is 11.1. The molecule has 3 aliphatic rings. The van der Waals surface area contributed by atoms with E-state index in [0.29, 0.717) is 5.56 Å². The molecule has 106 valence electrons. The van der Waals surface area contributed by atoms with Crippen molar-refractivity contribution >= 4 is 17.7 Å². The van der Waals surface area contributed by atoms with Gasteiger partial charge >= 0.3 is 0 Å². The van der Waals surface area contributed by atoms with Gasteiger partial charge in [-0.2, -0.15) is 5.01 Å². The highest BCUT2D eigenvalue weighted by molar-refractivity contribution is 6.08. The number of fused-ring (bicyclic) bond motifs is 5. The van der Waals surface area contributed by atoms with E-state index in [9.17, 15) is 14.4 Å². The van der Waals surface area contributed by atoms with Crippen molar-refractivity contribution < 1.29 is 14.4 Å². The normalized spacial score (nSPS) is 32.7. The van der Waals surface area contributed by atoms with Crippen LogP contribution in [0.3, 0.4) is 0 Å². The van der Waals surface area contributed by atoms with E-state index in [0.717, 1.165) is 11.4 Å². The van der Waals surface area contributed by atoms with Crippen LogP contribution in [0.4, 0.5) is 0 Å². The van der Waals surface area contributed by atoms with Crippen LogP contribution in [0.2, 0.25) is 0 Å². The fourth-order valence-corrected chi connectivity index (χ4v) is 3.68. The molecule has 4 rings (SSSR count). The number of aromatic nitrogens is 1. The summed E-state index contributed by atoms with van der Waals surface area (Å²) in [5.41, 5.74) is 2.80. The molecule has 1 aromatic rings. The van der Waals surface area contributed by atoms with Gasteiger partial charge in [0.05, 0.1) is 11.8 Å². The Balaban J connectivity index is 1.56. The molecule has 1 aromatic heterocycles. The van der Waals surface area contributed by atoms with Gasteiger partial charge in [0.2, 0.25) is 0 Å². The quantitative estimate of drug-likeness (QED) is 0.634. The molecular formula is C15H13N3O3. The van der Waals surface area contributed by atoms with Crippen LogP contribution >= 0.6 is 0 Å². The molecule has 0 aromatic carbocycles. The van der Waals surface area contributed by atoms with Crippen molar-refractivity contribution in [1.82, 2.24) is 15.4 Å². The molecule has 4 atom stereocenters. The molecule has 0 radical (unpaired) electrons. The SMILES string of the molecule is O=C(NN1C(=O)[C@@H]2[C@@H](C1=O)[C@H]1C=C[C@@H]2C1)c1ccncc1. The first-order valence-corrected chi connectivity index (χ1v) is 6.94. The minimum atomic E-state index is -0.473. The molecule has 1 aliphatic heterocycles. The number of carbonyl (C=O) groups is 3. The van der Waals surface area contributed by atoms with Gasteiger partial charge < -0.3 is 0 Å². The number of hydrogen-bond acceptors (Lipinski definition) is 4. The summed E-state index contributed by atoms with van der Waals surface area (Å²) < 4.78 is 0. The van der Waals surface area contributed by atoms with Gasteiger partial charge in [-0.1, -0.05) is 12.2 Å². The number of nitrogens with zero attached hydrogens (tertiary/aromatic N) is 2. The summed E-state index contributed by atoms with van der Waals surface area (Å²) in [6.07, 6.45) is 7.89. The predicted octanol–water partition coefficient (Wildman–Crippen LogP) is 0.533. The van der Waals surface area contributed by atoms with Gasteiger partial charge in [0.15, 0.2) is 0 Å². The number of hydrazine groups is 1. The monoisotopic (exact) mass is 283 g/mol. The van der Waals surface area contributed by atoms with Crippen LogP contribution in [0.1, 0.15) is 16.8 Å². The fourth-order valence-electron chi connectivity index (χ4n) is 3.68. The number of carbonyl (C=O) groups excluding carboxylic acids is 3. The van der Waals surface area contributed by atoms with Crippen molar-refractivity contribution in [2.75, 3.05) is 0 Å². The van der Waals surface area contributed by atoms with E-state index in [1.807, 2.05) is 12.2 Å². The Hall–Kier alpha value is -2.50. The first kappa shape index (κ1) is 12.3. The van der Waals surface area contributed by atoms with E-state index in [2.05, 4.69) is 10.4 Å². The molecule has 2 fully saturated rings. The van der Waals surface area contributed by atoms with Gasteiger partial charge in [-0.15, -0.1) is 0 Å². The maximum atomic E-state index is 12.4. The average molecular weight is 283 g/mol. The lowest BCUT2D eigenvalue weighted by Gasteiger charge is -2.17. The Morgan fingerprint density at radius 3 is 2.24 bits per heavy atom. The smallest absolute Gasteiger partial charge is 0.270 e. The highest BCUT2D eigenvalue weighted by Crippen LogP contribution is 2.52. The number of imide groups is 1. The van der Waals surface area contributed by atoms with E-state index < -0.39 is 5.91 Å². The molecular weight excluding hydrogens is 270 g/mol. The van der Waals surface area contributed by atoms with E-state index in [-0.39, 0.29) is 35.5 Å². The second kappa shape index (κ2) is 4.25. The third kappa shape index (κ3) is 1.65. The van der Waals surface area contributed by atoms with Crippen molar-refractivity contribution in [3.8, 4) is 0 Å². The van der Waals surface area contributed by atoms with Gasteiger partial charge in [-0.05, 0) is 30.4 Å². The summed E-state index contributed by atoms with van der Waals surface area (Å²) in [5.74, 6) is -1.37. The lowest BCUT2D eigenvalue weighted by atomic mass is 9.85. The molecule has 1 N–H and O–H groups in total. The summed E-state index contributed by atoms with van der Waals surface area (Å²) in [5, 5.41) is 0.907. The minimum Gasteiger partial charge on any atom is -0.272 e. The Kier molecular flexibility index (Phi) is 2.48. The van der Waals surface area contributed by atoms with Crippen molar-refractivity contribution in [3.63, 3.8) is 0 Å². The van der Waals surface area contributed by atoms with Crippen LogP contribution in [-0.4, -0.2) is 27.7 Å². The lowest BCUT2D eigenvalue weighted by Crippen LogP contribution is -2.47. The van der Waals surface area contributed by atoms with Crippen molar-refractivity contribution in [3.05, 3.63) is 42.2 Å². The van der Waals surface area contributed by atoms with E-state index in [4.69, 9.17) is 0 Å². The van der Waals surface area contributed by atoms with Crippen LogP contribution in [0.15, 0.2) is 36.7 Å². The number of nitrogens with one attached hydrogen (secondary N) is 1. The fraction of sp³-hybridized carbons (Fsp3) is 0.333. The molecule has 21 heavy (non-hydrogen) atoms. The molecule has 1 saturated carbocycles. The molecule has 6 nitrogen and oxygen atoms in total. The maximum Gasteiger partial charge on any atom is 0.270 e.